The normalized spacial score (nSPS) is 23.5. The van der Waals surface area contributed by atoms with Crippen LogP contribution in [0, 0.1) is 6.92 Å². The first-order chi connectivity index (χ1) is 11.8. The van der Waals surface area contributed by atoms with Gasteiger partial charge in [-0.05, 0) is 20.3 Å². The number of likely N-dealkylation sites (tertiary alicyclic amines) is 1. The van der Waals surface area contributed by atoms with Crippen molar-refractivity contribution in [2.24, 2.45) is 0 Å². The minimum absolute atomic E-state index is 0.0394. The Labute approximate surface area is 143 Å². The van der Waals surface area contributed by atoms with Crippen molar-refractivity contribution in [1.29, 1.82) is 0 Å². The predicted molar refractivity (Wildman–Crippen MR) is 88.3 cm³/mol. The van der Waals surface area contributed by atoms with Crippen molar-refractivity contribution in [2.45, 2.75) is 31.9 Å². The molecule has 1 amide bonds. The van der Waals surface area contributed by atoms with E-state index in [1.54, 1.807) is 13.8 Å². The van der Waals surface area contributed by atoms with E-state index in [1.165, 1.54) is 34.3 Å². The molecule has 0 spiro atoms. The number of aromatic nitrogens is 4. The molecule has 3 heterocycles. The van der Waals surface area contributed by atoms with Crippen molar-refractivity contribution in [2.75, 3.05) is 13.1 Å². The van der Waals surface area contributed by atoms with E-state index in [9.17, 15) is 19.5 Å². The van der Waals surface area contributed by atoms with Crippen molar-refractivity contribution in [3.8, 4) is 0 Å². The average Bonchev–Trinajstić information content (AvgIpc) is 2.58. The van der Waals surface area contributed by atoms with Gasteiger partial charge in [-0.15, -0.1) is 0 Å². The minimum atomic E-state index is -1.34. The number of hydrogen-bond acceptors (Lipinski definition) is 6. The number of aryl methyl sites for hydroxylation is 1. The van der Waals surface area contributed by atoms with Crippen molar-refractivity contribution in [3.63, 3.8) is 0 Å². The van der Waals surface area contributed by atoms with E-state index < -0.39 is 22.9 Å². The Morgan fingerprint density at radius 3 is 2.80 bits per heavy atom. The first kappa shape index (κ1) is 17.0. The maximum absolute atomic E-state index is 12.5. The molecule has 2 aromatic rings. The fraction of sp³-hybridized carbons (Fsp3) is 0.438. The zero-order valence-corrected chi connectivity index (χ0v) is 14.0. The van der Waals surface area contributed by atoms with Crippen LogP contribution in [0.5, 0.6) is 0 Å². The summed E-state index contributed by atoms with van der Waals surface area (Å²) in [7, 11) is 0. The molecule has 2 aromatic heterocycles. The summed E-state index contributed by atoms with van der Waals surface area (Å²) < 4.78 is 1.33. The second kappa shape index (κ2) is 6.25. The summed E-state index contributed by atoms with van der Waals surface area (Å²) in [4.78, 5) is 47.7. The summed E-state index contributed by atoms with van der Waals surface area (Å²) >= 11 is 0. The van der Waals surface area contributed by atoms with Crippen LogP contribution in [0.15, 0.2) is 34.4 Å². The summed E-state index contributed by atoms with van der Waals surface area (Å²) in [6.07, 6.45) is 6.09. The lowest BCUT2D eigenvalue weighted by atomic mass is 9.88. The highest BCUT2D eigenvalue weighted by Gasteiger charge is 2.41. The van der Waals surface area contributed by atoms with Crippen LogP contribution in [-0.2, 0) is 0 Å². The Bertz CT molecular complexity index is 903. The molecule has 2 N–H and O–H groups in total. The standard InChI is InChI=1S/C16H19N5O4/c1-10-8-21(15(24)19-13(10)22)12-3-6-20(9-16(12,2)25)14(23)11-7-17-4-5-18-11/h4-5,7-8,12,25H,3,6,9H2,1-2H3,(H,19,22,24)/t12-,16-/m0/s1. The third kappa shape index (κ3) is 3.22. The fourth-order valence-electron chi connectivity index (χ4n) is 3.16. The van der Waals surface area contributed by atoms with Crippen LogP contribution >= 0.6 is 0 Å². The highest BCUT2D eigenvalue weighted by Crippen LogP contribution is 2.31. The van der Waals surface area contributed by atoms with E-state index in [4.69, 9.17) is 0 Å². The second-order valence-corrected chi connectivity index (χ2v) is 6.46. The van der Waals surface area contributed by atoms with Gasteiger partial charge in [-0.25, -0.2) is 9.78 Å². The zero-order chi connectivity index (χ0) is 18.2. The van der Waals surface area contributed by atoms with Gasteiger partial charge in [-0.2, -0.15) is 0 Å². The molecule has 3 rings (SSSR count). The van der Waals surface area contributed by atoms with Gasteiger partial charge in [0.15, 0.2) is 0 Å². The summed E-state index contributed by atoms with van der Waals surface area (Å²) in [5, 5.41) is 10.9. The molecule has 25 heavy (non-hydrogen) atoms. The molecule has 9 nitrogen and oxygen atoms in total. The van der Waals surface area contributed by atoms with Crippen LogP contribution in [0.2, 0.25) is 0 Å². The van der Waals surface area contributed by atoms with Gasteiger partial charge in [0.1, 0.15) is 11.3 Å². The first-order valence-corrected chi connectivity index (χ1v) is 7.89. The maximum atomic E-state index is 12.5. The number of carbonyl (C=O) groups is 1. The molecule has 0 aromatic carbocycles. The van der Waals surface area contributed by atoms with Crippen LogP contribution in [-0.4, -0.2) is 54.1 Å². The molecule has 0 saturated carbocycles. The largest absolute Gasteiger partial charge is 0.386 e. The van der Waals surface area contributed by atoms with Crippen molar-refractivity contribution in [3.05, 3.63) is 56.9 Å². The van der Waals surface area contributed by atoms with E-state index >= 15 is 0 Å². The molecule has 0 unspecified atom stereocenters. The van der Waals surface area contributed by atoms with Crippen LogP contribution in [0.1, 0.15) is 35.4 Å². The predicted octanol–water partition coefficient (Wildman–Crippen LogP) is -0.527. The van der Waals surface area contributed by atoms with Crippen LogP contribution in [0.4, 0.5) is 0 Å². The van der Waals surface area contributed by atoms with Gasteiger partial charge in [0, 0.05) is 30.7 Å². The first-order valence-electron chi connectivity index (χ1n) is 7.89. The number of amides is 1. The van der Waals surface area contributed by atoms with E-state index in [0.717, 1.165) is 0 Å². The number of β-amino-alcohol motifs (C(OH)–C–C–N with tert-alkyl or cyclic N) is 1. The summed E-state index contributed by atoms with van der Waals surface area (Å²) in [6.45, 7) is 3.55. The topological polar surface area (TPSA) is 121 Å². The number of carbonyl (C=O) groups excluding carboxylic acids is 1. The van der Waals surface area contributed by atoms with Gasteiger partial charge in [0.05, 0.1) is 18.8 Å². The molecule has 0 bridgehead atoms. The fourth-order valence-corrected chi connectivity index (χ4v) is 3.16. The molecular formula is C16H19N5O4. The quantitative estimate of drug-likeness (QED) is 0.755. The number of nitrogens with zero attached hydrogens (tertiary/aromatic N) is 4. The van der Waals surface area contributed by atoms with Gasteiger partial charge in [0.25, 0.3) is 11.5 Å². The zero-order valence-electron chi connectivity index (χ0n) is 14.0. The third-order valence-corrected chi connectivity index (χ3v) is 4.45. The van der Waals surface area contributed by atoms with Crippen LogP contribution in [0.3, 0.4) is 0 Å². The average molecular weight is 345 g/mol. The lowest BCUT2D eigenvalue weighted by Gasteiger charge is -2.43. The van der Waals surface area contributed by atoms with Crippen LogP contribution in [0.25, 0.3) is 0 Å². The second-order valence-electron chi connectivity index (χ2n) is 6.46. The molecule has 1 saturated heterocycles. The monoisotopic (exact) mass is 345 g/mol. The van der Waals surface area contributed by atoms with Crippen molar-refractivity contribution in [1.82, 2.24) is 24.4 Å². The number of rotatable bonds is 2. The van der Waals surface area contributed by atoms with Gasteiger partial charge in [0.2, 0.25) is 0 Å². The highest BCUT2D eigenvalue weighted by molar-refractivity contribution is 5.92. The molecule has 9 heteroatoms. The van der Waals surface area contributed by atoms with Crippen molar-refractivity contribution < 1.29 is 9.90 Å². The van der Waals surface area contributed by atoms with E-state index in [2.05, 4.69) is 15.0 Å². The Morgan fingerprint density at radius 1 is 1.40 bits per heavy atom. The molecular weight excluding hydrogens is 326 g/mol. The number of aromatic amines is 1. The van der Waals surface area contributed by atoms with Crippen molar-refractivity contribution >= 4 is 5.91 Å². The lowest BCUT2D eigenvalue weighted by Crippen LogP contribution is -2.56. The van der Waals surface area contributed by atoms with E-state index in [1.807, 2.05) is 0 Å². The smallest absolute Gasteiger partial charge is 0.328 e. The molecule has 1 aliphatic heterocycles. The molecule has 132 valence electrons. The number of nitrogens with one attached hydrogen (secondary N) is 1. The van der Waals surface area contributed by atoms with Gasteiger partial charge in [-0.3, -0.25) is 24.1 Å². The maximum Gasteiger partial charge on any atom is 0.328 e. The summed E-state index contributed by atoms with van der Waals surface area (Å²) in [5.74, 6) is -0.322. The highest BCUT2D eigenvalue weighted by atomic mass is 16.3. The Kier molecular flexibility index (Phi) is 4.25. The van der Waals surface area contributed by atoms with Gasteiger partial charge < -0.3 is 10.0 Å². The number of aliphatic hydroxyl groups is 1. The molecule has 2 atom stereocenters. The number of piperidine rings is 1. The Morgan fingerprint density at radius 2 is 2.16 bits per heavy atom. The molecule has 0 aliphatic carbocycles. The minimum Gasteiger partial charge on any atom is -0.386 e. The summed E-state index contributed by atoms with van der Waals surface area (Å²) in [6, 6.07) is -0.554. The van der Waals surface area contributed by atoms with Gasteiger partial charge >= 0.3 is 5.69 Å². The third-order valence-electron chi connectivity index (χ3n) is 4.45. The molecule has 1 fully saturated rings. The molecule has 0 radical (unpaired) electrons. The van der Waals surface area contributed by atoms with E-state index in [-0.39, 0.29) is 18.1 Å². The Balaban J connectivity index is 1.86. The van der Waals surface area contributed by atoms with E-state index in [0.29, 0.717) is 18.5 Å². The van der Waals surface area contributed by atoms with Gasteiger partial charge in [-0.1, -0.05) is 0 Å². The summed E-state index contributed by atoms with van der Waals surface area (Å²) in [5.41, 5.74) is -1.78. The molecule has 1 aliphatic rings. The van der Waals surface area contributed by atoms with Crippen LogP contribution < -0.4 is 11.2 Å². The number of H-pyrrole nitrogens is 1. The number of hydrogen-bond donors (Lipinski definition) is 2. The lowest BCUT2D eigenvalue weighted by molar-refractivity contribution is -0.0505. The Hall–Kier alpha value is -2.81. The SMILES string of the molecule is Cc1cn([C@H]2CCN(C(=O)c3cnccn3)C[C@]2(C)O)c(=O)[nH]c1=O.